The molecule has 1 aromatic rings. The van der Waals surface area contributed by atoms with Crippen LogP contribution in [-0.4, -0.2) is 60.6 Å². The van der Waals surface area contributed by atoms with Gasteiger partial charge in [0.05, 0.1) is 7.11 Å². The highest BCUT2D eigenvalue weighted by Crippen LogP contribution is 2.20. The summed E-state index contributed by atoms with van der Waals surface area (Å²) in [4.78, 5) is 52.2. The van der Waals surface area contributed by atoms with E-state index in [2.05, 4.69) is 10.6 Å². The molecule has 2 N–H and O–H groups in total. The number of esters is 1. The number of likely N-dealkylation sites (tertiary alicyclic amines) is 1. The van der Waals surface area contributed by atoms with Crippen LogP contribution in [-0.2, 0) is 30.5 Å². The van der Waals surface area contributed by atoms with Crippen LogP contribution in [0.1, 0.15) is 52.5 Å². The summed E-state index contributed by atoms with van der Waals surface area (Å²) >= 11 is 0. The maximum absolute atomic E-state index is 13.1. The van der Waals surface area contributed by atoms with Crippen molar-refractivity contribution in [3.8, 4) is 0 Å². The summed E-state index contributed by atoms with van der Waals surface area (Å²) in [7, 11) is 1.27. The van der Waals surface area contributed by atoms with E-state index in [0.717, 1.165) is 5.56 Å². The number of carbonyl (C=O) groups excluding carboxylic acids is 4. The molecule has 3 amide bonds. The fraction of sp³-hybridized carbons (Fsp3) is 0.600. The fourth-order valence-electron chi connectivity index (χ4n) is 3.91. The second-order valence-corrected chi connectivity index (χ2v) is 9.34. The van der Waals surface area contributed by atoms with Gasteiger partial charge in [-0.05, 0) is 36.7 Å². The van der Waals surface area contributed by atoms with Gasteiger partial charge in [-0.3, -0.25) is 14.5 Å². The molecule has 188 valence electrons. The van der Waals surface area contributed by atoms with E-state index >= 15 is 0 Å². The summed E-state index contributed by atoms with van der Waals surface area (Å²) in [6.45, 7) is 8.01. The number of ether oxygens (including phenoxy) is 2. The lowest BCUT2D eigenvalue weighted by Crippen LogP contribution is -2.56. The van der Waals surface area contributed by atoms with Gasteiger partial charge in [0, 0.05) is 6.54 Å². The first-order chi connectivity index (χ1) is 16.1. The van der Waals surface area contributed by atoms with Gasteiger partial charge in [-0.2, -0.15) is 0 Å². The predicted octanol–water partition coefficient (Wildman–Crippen LogP) is 2.63. The molecule has 0 spiro atoms. The van der Waals surface area contributed by atoms with Crippen LogP contribution in [0, 0.1) is 11.8 Å². The molecular formula is C25H37N3O6. The molecule has 1 fully saturated rings. The van der Waals surface area contributed by atoms with Crippen LogP contribution in [0.3, 0.4) is 0 Å². The standard InChI is InChI=1S/C25H37N3O6/c1-16(2)14-19(22(29)27-21(17(3)4)24(31)33-5)26-23(30)20-12-9-13-28(20)25(32)34-15-18-10-7-6-8-11-18/h6-8,10-11,16-17,19-21H,9,12-15H2,1-5H3,(H,26,30)(H,27,29)/t19-,20-,21-/m0/s1. The van der Waals surface area contributed by atoms with Gasteiger partial charge in [0.1, 0.15) is 24.7 Å². The van der Waals surface area contributed by atoms with Crippen molar-refractivity contribution in [1.82, 2.24) is 15.5 Å². The Morgan fingerprint density at radius 1 is 1.06 bits per heavy atom. The lowest BCUT2D eigenvalue weighted by molar-refractivity contribution is -0.146. The molecule has 0 aliphatic carbocycles. The molecule has 0 bridgehead atoms. The van der Waals surface area contributed by atoms with Crippen molar-refractivity contribution in [2.75, 3.05) is 13.7 Å². The summed E-state index contributed by atoms with van der Waals surface area (Å²) in [5.41, 5.74) is 0.857. The number of benzene rings is 1. The smallest absolute Gasteiger partial charge is 0.410 e. The zero-order chi connectivity index (χ0) is 25.3. The molecular weight excluding hydrogens is 438 g/mol. The highest BCUT2D eigenvalue weighted by Gasteiger charge is 2.37. The van der Waals surface area contributed by atoms with E-state index in [1.165, 1.54) is 12.0 Å². The Morgan fingerprint density at radius 2 is 1.74 bits per heavy atom. The van der Waals surface area contributed by atoms with Crippen molar-refractivity contribution >= 4 is 23.9 Å². The first-order valence-corrected chi connectivity index (χ1v) is 11.8. The number of carbonyl (C=O) groups is 4. The Labute approximate surface area is 201 Å². The van der Waals surface area contributed by atoms with Gasteiger partial charge < -0.3 is 20.1 Å². The molecule has 0 saturated carbocycles. The van der Waals surface area contributed by atoms with Crippen molar-refractivity contribution in [1.29, 1.82) is 0 Å². The van der Waals surface area contributed by atoms with Gasteiger partial charge in [-0.1, -0.05) is 58.0 Å². The van der Waals surface area contributed by atoms with Gasteiger partial charge >= 0.3 is 12.1 Å². The molecule has 0 aromatic heterocycles. The molecule has 0 radical (unpaired) electrons. The van der Waals surface area contributed by atoms with E-state index < -0.39 is 42.0 Å². The molecule has 1 saturated heterocycles. The highest BCUT2D eigenvalue weighted by atomic mass is 16.6. The normalized spacial score (nSPS) is 17.3. The van der Waals surface area contributed by atoms with Crippen LogP contribution >= 0.6 is 0 Å². The topological polar surface area (TPSA) is 114 Å². The SMILES string of the molecule is COC(=O)[C@@H](NC(=O)[C@H](CC(C)C)NC(=O)[C@@H]1CCCN1C(=O)OCc1ccccc1)C(C)C. The van der Waals surface area contributed by atoms with Gasteiger partial charge in [0.2, 0.25) is 11.8 Å². The monoisotopic (exact) mass is 475 g/mol. The number of hydrogen-bond acceptors (Lipinski definition) is 6. The zero-order valence-corrected chi connectivity index (χ0v) is 20.7. The number of nitrogens with zero attached hydrogens (tertiary/aromatic N) is 1. The number of rotatable bonds is 10. The lowest BCUT2D eigenvalue weighted by atomic mass is 10.00. The Bertz CT molecular complexity index is 842. The van der Waals surface area contributed by atoms with Crippen LogP contribution in [0.25, 0.3) is 0 Å². The Kier molecular flexibility index (Phi) is 10.3. The minimum absolute atomic E-state index is 0.113. The Hall–Kier alpha value is -3.10. The molecule has 1 heterocycles. The molecule has 1 aliphatic heterocycles. The second kappa shape index (κ2) is 13.0. The van der Waals surface area contributed by atoms with E-state index in [1.807, 2.05) is 44.2 Å². The maximum atomic E-state index is 13.1. The largest absolute Gasteiger partial charge is 0.467 e. The third-order valence-electron chi connectivity index (χ3n) is 5.75. The molecule has 9 nitrogen and oxygen atoms in total. The van der Waals surface area contributed by atoms with Crippen molar-refractivity contribution in [3.05, 3.63) is 35.9 Å². The molecule has 9 heteroatoms. The number of methoxy groups -OCH3 is 1. The quantitative estimate of drug-likeness (QED) is 0.503. The first-order valence-electron chi connectivity index (χ1n) is 11.8. The maximum Gasteiger partial charge on any atom is 0.410 e. The summed E-state index contributed by atoms with van der Waals surface area (Å²) in [6, 6.07) is 6.93. The third-order valence-corrected chi connectivity index (χ3v) is 5.75. The van der Waals surface area contributed by atoms with Crippen molar-refractivity contribution in [2.24, 2.45) is 11.8 Å². The minimum atomic E-state index is -0.846. The second-order valence-electron chi connectivity index (χ2n) is 9.34. The minimum Gasteiger partial charge on any atom is -0.467 e. The molecule has 2 rings (SSSR count). The van der Waals surface area contributed by atoms with Gasteiger partial charge in [0.15, 0.2) is 0 Å². The number of nitrogens with one attached hydrogen (secondary N) is 2. The van der Waals surface area contributed by atoms with E-state index in [0.29, 0.717) is 25.8 Å². The number of hydrogen-bond donors (Lipinski definition) is 2. The Balaban J connectivity index is 2.04. The van der Waals surface area contributed by atoms with Crippen molar-refractivity contribution in [3.63, 3.8) is 0 Å². The van der Waals surface area contributed by atoms with Crippen molar-refractivity contribution in [2.45, 2.75) is 71.7 Å². The highest BCUT2D eigenvalue weighted by molar-refractivity contribution is 5.93. The summed E-state index contributed by atoms with van der Waals surface area (Å²) in [5, 5.41) is 5.50. The predicted molar refractivity (Wildman–Crippen MR) is 127 cm³/mol. The number of amides is 3. The molecule has 1 aliphatic rings. The van der Waals surface area contributed by atoms with Crippen molar-refractivity contribution < 1.29 is 28.7 Å². The molecule has 34 heavy (non-hydrogen) atoms. The van der Waals surface area contributed by atoms with Crippen LogP contribution in [0.15, 0.2) is 30.3 Å². The van der Waals surface area contributed by atoms with E-state index in [-0.39, 0.29) is 18.4 Å². The van der Waals surface area contributed by atoms with Crippen LogP contribution < -0.4 is 10.6 Å². The Morgan fingerprint density at radius 3 is 2.32 bits per heavy atom. The van der Waals surface area contributed by atoms with Crippen LogP contribution in [0.2, 0.25) is 0 Å². The fourth-order valence-corrected chi connectivity index (χ4v) is 3.91. The molecule has 0 unspecified atom stereocenters. The molecule has 3 atom stereocenters. The third kappa shape index (κ3) is 7.74. The average Bonchev–Trinajstić information content (AvgIpc) is 3.30. The summed E-state index contributed by atoms with van der Waals surface area (Å²) in [5.74, 6) is -1.48. The summed E-state index contributed by atoms with van der Waals surface area (Å²) < 4.78 is 10.2. The molecule has 1 aromatic carbocycles. The van der Waals surface area contributed by atoms with Crippen LogP contribution in [0.5, 0.6) is 0 Å². The van der Waals surface area contributed by atoms with Gasteiger partial charge in [0.25, 0.3) is 0 Å². The summed E-state index contributed by atoms with van der Waals surface area (Å²) in [6.07, 6.45) is 0.974. The average molecular weight is 476 g/mol. The van der Waals surface area contributed by atoms with E-state index in [9.17, 15) is 19.2 Å². The lowest BCUT2D eigenvalue weighted by Gasteiger charge is -2.28. The van der Waals surface area contributed by atoms with Gasteiger partial charge in [-0.15, -0.1) is 0 Å². The van der Waals surface area contributed by atoms with Gasteiger partial charge in [-0.25, -0.2) is 9.59 Å². The van der Waals surface area contributed by atoms with E-state index in [1.54, 1.807) is 13.8 Å². The first kappa shape index (κ1) is 27.1. The zero-order valence-electron chi connectivity index (χ0n) is 20.7. The van der Waals surface area contributed by atoms with E-state index in [4.69, 9.17) is 9.47 Å². The van der Waals surface area contributed by atoms with Crippen LogP contribution in [0.4, 0.5) is 4.79 Å².